The summed E-state index contributed by atoms with van der Waals surface area (Å²) in [6.45, 7) is 0. The average molecular weight is 268 g/mol. The van der Waals surface area contributed by atoms with Gasteiger partial charge >= 0.3 is 0 Å². The lowest BCUT2D eigenvalue weighted by Gasteiger charge is -2.11. The van der Waals surface area contributed by atoms with Crippen molar-refractivity contribution in [2.45, 2.75) is 0 Å². The molecule has 0 aliphatic carbocycles. The Hall–Kier alpha value is -3.05. The highest BCUT2D eigenvalue weighted by Gasteiger charge is 2.10. The third kappa shape index (κ3) is 1.58. The van der Waals surface area contributed by atoms with Crippen LogP contribution in [0, 0.1) is 11.3 Å². The molecule has 0 saturated heterocycles. The summed E-state index contributed by atoms with van der Waals surface area (Å²) in [5.41, 5.74) is 7.69. The van der Waals surface area contributed by atoms with E-state index >= 15 is 0 Å². The van der Waals surface area contributed by atoms with E-state index in [1.54, 1.807) is 0 Å². The summed E-state index contributed by atoms with van der Waals surface area (Å²) in [5.74, 6) is 0. The van der Waals surface area contributed by atoms with Crippen molar-refractivity contribution in [3.63, 3.8) is 0 Å². The van der Waals surface area contributed by atoms with Crippen LogP contribution >= 0.6 is 0 Å². The molecule has 0 saturated carbocycles. The van der Waals surface area contributed by atoms with E-state index in [9.17, 15) is 5.26 Å². The quantitative estimate of drug-likeness (QED) is 0.374. The van der Waals surface area contributed by atoms with Crippen molar-refractivity contribution in [2.75, 3.05) is 5.73 Å². The zero-order chi connectivity index (χ0) is 14.4. The smallest absolute Gasteiger partial charge is 0.0998 e. The number of rotatable bonds is 0. The molecule has 0 aliphatic heterocycles. The lowest BCUT2D eigenvalue weighted by molar-refractivity contribution is 1.51. The van der Waals surface area contributed by atoms with Gasteiger partial charge < -0.3 is 5.73 Å². The molecule has 0 spiro atoms. The second-order valence-corrected chi connectivity index (χ2v) is 5.19. The highest BCUT2D eigenvalue weighted by molar-refractivity contribution is 6.21. The van der Waals surface area contributed by atoms with Crippen molar-refractivity contribution >= 4 is 38.0 Å². The first-order chi connectivity index (χ1) is 10.3. The molecule has 98 valence electrons. The summed E-state index contributed by atoms with van der Waals surface area (Å²) >= 11 is 0. The first-order valence-electron chi connectivity index (χ1n) is 6.82. The summed E-state index contributed by atoms with van der Waals surface area (Å²) < 4.78 is 0. The Kier molecular flexibility index (Phi) is 2.36. The molecular weight excluding hydrogens is 256 g/mol. The second-order valence-electron chi connectivity index (χ2n) is 5.19. The maximum absolute atomic E-state index is 9.45. The molecule has 0 unspecified atom stereocenters. The van der Waals surface area contributed by atoms with Crippen molar-refractivity contribution < 1.29 is 0 Å². The normalized spacial score (nSPS) is 11.0. The largest absolute Gasteiger partial charge is 0.398 e. The number of hydrogen-bond acceptors (Lipinski definition) is 2. The van der Waals surface area contributed by atoms with E-state index < -0.39 is 0 Å². The van der Waals surface area contributed by atoms with E-state index in [1.807, 2.05) is 54.6 Å². The van der Waals surface area contributed by atoms with E-state index in [0.717, 1.165) is 38.0 Å². The number of nitrogens with two attached hydrogens (primary N) is 1. The van der Waals surface area contributed by atoms with E-state index in [0.29, 0.717) is 5.56 Å². The van der Waals surface area contributed by atoms with E-state index in [4.69, 9.17) is 5.73 Å². The van der Waals surface area contributed by atoms with Gasteiger partial charge in [0.2, 0.25) is 0 Å². The van der Waals surface area contributed by atoms with E-state index in [-0.39, 0.29) is 0 Å². The first-order valence-corrected chi connectivity index (χ1v) is 6.82. The Morgan fingerprint density at radius 2 is 1.19 bits per heavy atom. The summed E-state index contributed by atoms with van der Waals surface area (Å²) in [6.07, 6.45) is 0. The maximum Gasteiger partial charge on any atom is 0.0998 e. The number of benzene rings is 4. The van der Waals surface area contributed by atoms with Crippen molar-refractivity contribution in [3.8, 4) is 6.07 Å². The number of nitriles is 1. The van der Waals surface area contributed by atoms with Gasteiger partial charge in [0.05, 0.1) is 11.6 Å². The number of nitrogens with zero attached hydrogens (tertiary/aromatic N) is 1. The third-order valence-electron chi connectivity index (χ3n) is 4.03. The molecule has 0 radical (unpaired) electrons. The number of hydrogen-bond donors (Lipinski definition) is 1. The van der Waals surface area contributed by atoms with Gasteiger partial charge in [-0.15, -0.1) is 0 Å². The number of nitrogen functional groups attached to an aromatic ring is 1. The molecule has 4 rings (SSSR count). The summed E-state index contributed by atoms with van der Waals surface area (Å²) in [6, 6.07) is 22.3. The van der Waals surface area contributed by atoms with Crippen LogP contribution in [-0.4, -0.2) is 0 Å². The highest BCUT2D eigenvalue weighted by Crippen LogP contribution is 2.36. The van der Waals surface area contributed by atoms with Crippen molar-refractivity contribution in [1.29, 1.82) is 5.26 Å². The molecule has 2 nitrogen and oxygen atoms in total. The fourth-order valence-electron chi connectivity index (χ4n) is 3.07. The molecular formula is C19H12N2. The van der Waals surface area contributed by atoms with Crippen LogP contribution in [0.5, 0.6) is 0 Å². The van der Waals surface area contributed by atoms with Gasteiger partial charge in [-0.05, 0) is 33.7 Å². The second kappa shape index (κ2) is 4.22. The minimum Gasteiger partial charge on any atom is -0.398 e. The molecule has 0 amide bonds. The lowest BCUT2D eigenvalue weighted by atomic mass is 9.93. The fraction of sp³-hybridized carbons (Fsp3) is 0. The molecule has 0 heterocycles. The van der Waals surface area contributed by atoms with E-state index in [2.05, 4.69) is 12.1 Å². The molecule has 4 aromatic rings. The zero-order valence-electron chi connectivity index (χ0n) is 11.3. The van der Waals surface area contributed by atoms with Gasteiger partial charge in [0, 0.05) is 16.5 Å². The van der Waals surface area contributed by atoms with E-state index in [1.165, 1.54) is 0 Å². The van der Waals surface area contributed by atoms with Gasteiger partial charge in [0.15, 0.2) is 0 Å². The van der Waals surface area contributed by atoms with Gasteiger partial charge in [0.1, 0.15) is 0 Å². The van der Waals surface area contributed by atoms with Crippen LogP contribution in [0.1, 0.15) is 5.56 Å². The van der Waals surface area contributed by atoms with Gasteiger partial charge in [-0.2, -0.15) is 5.26 Å². The molecule has 0 fully saturated rings. The fourth-order valence-corrected chi connectivity index (χ4v) is 3.07. The monoisotopic (exact) mass is 268 g/mol. The van der Waals surface area contributed by atoms with Gasteiger partial charge in [-0.1, -0.05) is 48.5 Å². The Bertz CT molecular complexity index is 1060. The molecule has 0 aromatic heterocycles. The van der Waals surface area contributed by atoms with Crippen molar-refractivity contribution in [2.24, 2.45) is 0 Å². The zero-order valence-corrected chi connectivity index (χ0v) is 11.3. The van der Waals surface area contributed by atoms with Crippen LogP contribution in [0.2, 0.25) is 0 Å². The van der Waals surface area contributed by atoms with Gasteiger partial charge in [-0.3, -0.25) is 0 Å². The van der Waals surface area contributed by atoms with Crippen molar-refractivity contribution in [1.82, 2.24) is 0 Å². The summed E-state index contributed by atoms with van der Waals surface area (Å²) in [7, 11) is 0. The lowest BCUT2D eigenvalue weighted by Crippen LogP contribution is -1.90. The Balaban J connectivity index is 2.37. The predicted octanol–water partition coefficient (Wildman–Crippen LogP) is 4.60. The predicted molar refractivity (Wildman–Crippen MR) is 88.1 cm³/mol. The Morgan fingerprint density at radius 1 is 0.667 bits per heavy atom. The molecule has 21 heavy (non-hydrogen) atoms. The number of anilines is 1. The highest BCUT2D eigenvalue weighted by atomic mass is 14.5. The van der Waals surface area contributed by atoms with Crippen LogP contribution in [-0.2, 0) is 0 Å². The molecule has 4 aromatic carbocycles. The topological polar surface area (TPSA) is 49.8 Å². The SMILES string of the molecule is N#Cc1cc2c3ccccc3c(N)cc2c2ccccc12. The third-order valence-corrected chi connectivity index (χ3v) is 4.03. The van der Waals surface area contributed by atoms with Gasteiger partial charge in [-0.25, -0.2) is 0 Å². The molecule has 0 atom stereocenters. The minimum absolute atomic E-state index is 0.702. The van der Waals surface area contributed by atoms with Crippen LogP contribution < -0.4 is 5.73 Å². The average Bonchev–Trinajstić information content (AvgIpc) is 2.55. The summed E-state index contributed by atoms with van der Waals surface area (Å²) in [5, 5.41) is 15.8. The Labute approximate surface area is 122 Å². The maximum atomic E-state index is 9.45. The molecule has 2 heteroatoms. The van der Waals surface area contributed by atoms with Crippen LogP contribution in [0.15, 0.2) is 60.7 Å². The summed E-state index contributed by atoms with van der Waals surface area (Å²) in [4.78, 5) is 0. The number of fused-ring (bicyclic) bond motifs is 5. The minimum atomic E-state index is 0.702. The molecule has 0 aliphatic rings. The Morgan fingerprint density at radius 3 is 1.86 bits per heavy atom. The van der Waals surface area contributed by atoms with Crippen molar-refractivity contribution in [3.05, 3.63) is 66.2 Å². The van der Waals surface area contributed by atoms with Crippen LogP contribution in [0.4, 0.5) is 5.69 Å². The van der Waals surface area contributed by atoms with Gasteiger partial charge in [0.25, 0.3) is 0 Å². The molecule has 2 N–H and O–H groups in total. The molecule has 0 bridgehead atoms. The van der Waals surface area contributed by atoms with Crippen LogP contribution in [0.25, 0.3) is 32.3 Å². The van der Waals surface area contributed by atoms with Crippen LogP contribution in [0.3, 0.4) is 0 Å². The first kappa shape index (κ1) is 11.7. The standard InChI is InChI=1S/C19H12N2/c20-11-12-9-17-15-7-3-4-8-16(15)19(21)10-18(17)14-6-2-1-5-13(12)14/h1-10H,21H2.